The Morgan fingerprint density at radius 2 is 1.61 bits per heavy atom. The lowest BCUT2D eigenvalue weighted by atomic mass is 10.1. The number of likely N-dealkylation sites (N-methyl/N-ethyl adjacent to an activating group) is 1. The van der Waals surface area contributed by atoms with Gasteiger partial charge in [0.2, 0.25) is 5.91 Å². The molecular weight excluding hydrogens is 371 g/mol. The lowest BCUT2D eigenvalue weighted by molar-refractivity contribution is -0.137. The molecule has 0 aliphatic carbocycles. The number of nitrogens with zero attached hydrogens (tertiary/aromatic N) is 1. The van der Waals surface area contributed by atoms with Gasteiger partial charge in [-0.2, -0.15) is 13.2 Å². The second-order valence-electron chi connectivity index (χ2n) is 6.55. The molecule has 0 spiro atoms. The summed E-state index contributed by atoms with van der Waals surface area (Å²) in [4.78, 5) is 26.2. The van der Waals surface area contributed by atoms with Crippen LogP contribution < -0.4 is 10.6 Å². The zero-order valence-electron chi connectivity index (χ0n) is 15.6. The van der Waals surface area contributed by atoms with E-state index >= 15 is 0 Å². The van der Waals surface area contributed by atoms with E-state index in [2.05, 4.69) is 10.6 Å². The van der Waals surface area contributed by atoms with Crippen molar-refractivity contribution in [3.8, 4) is 0 Å². The van der Waals surface area contributed by atoms with E-state index in [1.54, 1.807) is 0 Å². The number of amides is 2. The van der Waals surface area contributed by atoms with E-state index in [-0.39, 0.29) is 18.2 Å². The molecule has 2 amide bonds. The highest BCUT2D eigenvalue weighted by molar-refractivity contribution is 5.96. The molecule has 0 saturated carbocycles. The van der Waals surface area contributed by atoms with Crippen molar-refractivity contribution in [3.63, 3.8) is 0 Å². The molecule has 0 unspecified atom stereocenters. The predicted molar refractivity (Wildman–Crippen MR) is 99.7 cm³/mol. The monoisotopic (exact) mass is 393 g/mol. The lowest BCUT2D eigenvalue weighted by Crippen LogP contribution is -2.41. The number of benzene rings is 2. The van der Waals surface area contributed by atoms with Crippen LogP contribution >= 0.6 is 0 Å². The summed E-state index contributed by atoms with van der Waals surface area (Å²) in [5.41, 5.74) is 0.142. The highest BCUT2D eigenvalue weighted by Gasteiger charge is 2.30. The van der Waals surface area contributed by atoms with E-state index in [1.807, 2.05) is 49.3 Å². The highest BCUT2D eigenvalue weighted by atomic mass is 19.4. The van der Waals surface area contributed by atoms with Gasteiger partial charge in [0.1, 0.15) is 0 Å². The Morgan fingerprint density at radius 1 is 1.00 bits per heavy atom. The minimum atomic E-state index is -4.46. The normalized spacial score (nSPS) is 12.5. The van der Waals surface area contributed by atoms with Crippen molar-refractivity contribution in [2.45, 2.75) is 12.2 Å². The van der Waals surface area contributed by atoms with Gasteiger partial charge in [-0.15, -0.1) is 0 Å². The lowest BCUT2D eigenvalue weighted by Gasteiger charge is -2.23. The van der Waals surface area contributed by atoms with Crippen LogP contribution in [0.1, 0.15) is 27.5 Å². The number of carbonyl (C=O) groups excluding carboxylic acids is 2. The minimum Gasteiger partial charge on any atom is -0.346 e. The maximum Gasteiger partial charge on any atom is 0.416 e. The molecule has 5 nitrogen and oxygen atoms in total. The SMILES string of the molecule is CN(C)C[C@H](NC(=O)CNC(=O)c1ccc(C(F)(F)F)cc1)c1ccccc1. The number of rotatable bonds is 7. The maximum absolute atomic E-state index is 12.6. The molecule has 0 heterocycles. The molecule has 2 aromatic carbocycles. The molecule has 1 atom stereocenters. The van der Waals surface area contributed by atoms with Crippen molar-refractivity contribution in [2.24, 2.45) is 0 Å². The second-order valence-corrected chi connectivity index (χ2v) is 6.55. The van der Waals surface area contributed by atoms with Crippen molar-refractivity contribution >= 4 is 11.8 Å². The van der Waals surface area contributed by atoms with E-state index in [9.17, 15) is 22.8 Å². The molecule has 150 valence electrons. The molecule has 2 N–H and O–H groups in total. The van der Waals surface area contributed by atoms with Crippen LogP contribution in [0.25, 0.3) is 0 Å². The number of alkyl halides is 3. The zero-order chi connectivity index (χ0) is 20.7. The van der Waals surface area contributed by atoms with Crippen molar-refractivity contribution < 1.29 is 22.8 Å². The number of carbonyl (C=O) groups is 2. The van der Waals surface area contributed by atoms with Crippen LogP contribution in [0.5, 0.6) is 0 Å². The number of halogens is 3. The van der Waals surface area contributed by atoms with Crippen molar-refractivity contribution in [3.05, 3.63) is 71.3 Å². The predicted octanol–water partition coefficient (Wildman–Crippen LogP) is 2.85. The fourth-order valence-electron chi connectivity index (χ4n) is 2.60. The molecule has 0 bridgehead atoms. The van der Waals surface area contributed by atoms with Crippen LogP contribution in [-0.2, 0) is 11.0 Å². The van der Waals surface area contributed by atoms with Gasteiger partial charge in [0, 0.05) is 12.1 Å². The van der Waals surface area contributed by atoms with Crippen molar-refractivity contribution in [1.29, 1.82) is 0 Å². The first kappa shape index (κ1) is 21.4. The Labute approximate surface area is 161 Å². The first-order valence-electron chi connectivity index (χ1n) is 8.61. The fraction of sp³-hybridized carbons (Fsp3) is 0.300. The molecule has 2 rings (SSSR count). The molecule has 0 aromatic heterocycles. The molecule has 28 heavy (non-hydrogen) atoms. The highest BCUT2D eigenvalue weighted by Crippen LogP contribution is 2.29. The molecule has 0 aliphatic heterocycles. The molecule has 0 aliphatic rings. The molecule has 2 aromatic rings. The average Bonchev–Trinajstić information content (AvgIpc) is 2.65. The Balaban J connectivity index is 1.93. The van der Waals surface area contributed by atoms with E-state index in [0.29, 0.717) is 6.54 Å². The standard InChI is InChI=1S/C20H22F3N3O2/c1-26(2)13-17(14-6-4-3-5-7-14)25-18(27)12-24-19(28)15-8-10-16(11-9-15)20(21,22)23/h3-11,17H,12-13H2,1-2H3,(H,24,28)(H,25,27)/t17-/m0/s1. The van der Waals surface area contributed by atoms with E-state index in [4.69, 9.17) is 0 Å². The van der Waals surface area contributed by atoms with Gasteiger partial charge < -0.3 is 15.5 Å². The van der Waals surface area contributed by atoms with Crippen LogP contribution in [0.15, 0.2) is 54.6 Å². The first-order chi connectivity index (χ1) is 13.2. The van der Waals surface area contributed by atoms with Gasteiger partial charge in [-0.1, -0.05) is 30.3 Å². The molecule has 0 fully saturated rings. The summed E-state index contributed by atoms with van der Waals surface area (Å²) in [6.45, 7) is 0.291. The van der Waals surface area contributed by atoms with Crippen molar-refractivity contribution in [2.75, 3.05) is 27.2 Å². The molecule has 0 saturated heterocycles. The number of nitrogens with one attached hydrogen (secondary N) is 2. The van der Waals surface area contributed by atoms with Gasteiger partial charge in [-0.3, -0.25) is 9.59 Å². The van der Waals surface area contributed by atoms with Gasteiger partial charge in [0.25, 0.3) is 5.91 Å². The van der Waals surface area contributed by atoms with Gasteiger partial charge in [-0.05, 0) is 43.9 Å². The third-order valence-corrected chi connectivity index (χ3v) is 3.97. The molecule has 0 radical (unpaired) electrons. The number of hydrogen-bond donors (Lipinski definition) is 2. The quantitative estimate of drug-likeness (QED) is 0.761. The smallest absolute Gasteiger partial charge is 0.346 e. The summed E-state index contributed by atoms with van der Waals surface area (Å²) < 4.78 is 37.7. The largest absolute Gasteiger partial charge is 0.416 e. The summed E-state index contributed by atoms with van der Waals surface area (Å²) in [7, 11) is 3.77. The Morgan fingerprint density at radius 3 is 2.14 bits per heavy atom. The molecular formula is C20H22F3N3O2. The topological polar surface area (TPSA) is 61.4 Å². The summed E-state index contributed by atoms with van der Waals surface area (Å²) in [6, 6.07) is 13.0. The van der Waals surface area contributed by atoms with E-state index in [1.165, 1.54) is 0 Å². The van der Waals surface area contributed by atoms with Gasteiger partial charge >= 0.3 is 6.18 Å². The van der Waals surface area contributed by atoms with Gasteiger partial charge in [0.05, 0.1) is 18.2 Å². The summed E-state index contributed by atoms with van der Waals surface area (Å²) in [5, 5.41) is 5.28. The third kappa shape index (κ3) is 6.38. The van der Waals surface area contributed by atoms with Gasteiger partial charge in [0.15, 0.2) is 0 Å². The van der Waals surface area contributed by atoms with Gasteiger partial charge in [-0.25, -0.2) is 0 Å². The first-order valence-corrected chi connectivity index (χ1v) is 8.61. The summed E-state index contributed by atoms with van der Waals surface area (Å²) in [6.07, 6.45) is -4.46. The second kappa shape index (κ2) is 9.36. The molecule has 8 heteroatoms. The Bertz CT molecular complexity index is 791. The van der Waals surface area contributed by atoms with Crippen LogP contribution in [-0.4, -0.2) is 43.9 Å². The van der Waals surface area contributed by atoms with Crippen LogP contribution in [0.3, 0.4) is 0 Å². The number of hydrogen-bond acceptors (Lipinski definition) is 3. The van der Waals surface area contributed by atoms with E-state index in [0.717, 1.165) is 29.8 Å². The Kier molecular flexibility index (Phi) is 7.17. The van der Waals surface area contributed by atoms with Crippen LogP contribution in [0, 0.1) is 0 Å². The zero-order valence-corrected chi connectivity index (χ0v) is 15.6. The maximum atomic E-state index is 12.6. The Hall–Kier alpha value is -2.87. The van der Waals surface area contributed by atoms with E-state index < -0.39 is 23.6 Å². The van der Waals surface area contributed by atoms with Crippen molar-refractivity contribution in [1.82, 2.24) is 15.5 Å². The average molecular weight is 393 g/mol. The third-order valence-electron chi connectivity index (χ3n) is 3.97. The minimum absolute atomic E-state index is 0.0497. The van der Waals surface area contributed by atoms with Crippen LogP contribution in [0.2, 0.25) is 0 Å². The van der Waals surface area contributed by atoms with Crippen LogP contribution in [0.4, 0.5) is 13.2 Å². The summed E-state index contributed by atoms with van der Waals surface area (Å²) in [5.74, 6) is -1.01. The summed E-state index contributed by atoms with van der Waals surface area (Å²) >= 11 is 0. The fourth-order valence-corrected chi connectivity index (χ4v) is 2.60.